The number of aryl methyl sites for hydroxylation is 1. The lowest BCUT2D eigenvalue weighted by Gasteiger charge is -2.17. The van der Waals surface area contributed by atoms with E-state index in [4.69, 9.17) is 4.98 Å². The lowest BCUT2D eigenvalue weighted by atomic mass is 10.0. The van der Waals surface area contributed by atoms with Gasteiger partial charge in [0, 0.05) is 30.6 Å². The van der Waals surface area contributed by atoms with Crippen LogP contribution in [-0.4, -0.2) is 33.4 Å². The first-order valence-corrected chi connectivity index (χ1v) is 10.6. The van der Waals surface area contributed by atoms with Crippen molar-refractivity contribution in [2.45, 2.75) is 39.4 Å². The minimum absolute atomic E-state index is 0.210. The summed E-state index contributed by atoms with van der Waals surface area (Å²) >= 11 is 0. The Kier molecular flexibility index (Phi) is 5.17. The molecule has 0 bridgehead atoms. The van der Waals surface area contributed by atoms with E-state index in [0.29, 0.717) is 28.0 Å². The van der Waals surface area contributed by atoms with Crippen LogP contribution in [0, 0.1) is 6.92 Å². The van der Waals surface area contributed by atoms with Gasteiger partial charge < -0.3 is 0 Å². The smallest absolute Gasteiger partial charge is 0.261 e. The minimum atomic E-state index is -3.74. The van der Waals surface area contributed by atoms with Gasteiger partial charge in [-0.2, -0.15) is 4.40 Å². The van der Waals surface area contributed by atoms with Crippen LogP contribution in [0.5, 0.6) is 0 Å². The van der Waals surface area contributed by atoms with Gasteiger partial charge in [0.2, 0.25) is 0 Å². The highest BCUT2D eigenvalue weighted by Gasteiger charge is 2.29. The number of pyridine rings is 1. The summed E-state index contributed by atoms with van der Waals surface area (Å²) in [4.78, 5) is 21.8. The van der Waals surface area contributed by atoms with Crippen molar-refractivity contribution in [1.29, 1.82) is 0 Å². The summed E-state index contributed by atoms with van der Waals surface area (Å²) in [5, 5.41) is 0.419. The third-order valence-electron chi connectivity index (χ3n) is 4.68. The maximum Gasteiger partial charge on any atom is 0.261 e. The van der Waals surface area contributed by atoms with Gasteiger partial charge in [-0.3, -0.25) is 14.3 Å². The van der Waals surface area contributed by atoms with Gasteiger partial charge in [-0.25, -0.2) is 13.4 Å². The molecule has 0 aliphatic heterocycles. The normalized spacial score (nSPS) is 13.1. The van der Waals surface area contributed by atoms with Crippen LogP contribution in [0.3, 0.4) is 0 Å². The fourth-order valence-electron chi connectivity index (χ4n) is 2.92. The van der Waals surface area contributed by atoms with Crippen LogP contribution in [0.1, 0.15) is 38.8 Å². The fourth-order valence-corrected chi connectivity index (χ4v) is 3.65. The van der Waals surface area contributed by atoms with Crippen LogP contribution in [-0.2, 0) is 17.1 Å². The summed E-state index contributed by atoms with van der Waals surface area (Å²) < 4.78 is 29.7. The molecule has 3 rings (SSSR count). The molecule has 0 saturated carbocycles. The zero-order chi connectivity index (χ0) is 21.6. The predicted molar refractivity (Wildman–Crippen MR) is 116 cm³/mol. The Balaban J connectivity index is 2.37. The highest BCUT2D eigenvalue weighted by molar-refractivity contribution is 7.91. The molecule has 0 aliphatic carbocycles. The molecule has 29 heavy (non-hydrogen) atoms. The molecule has 0 fully saturated rings. The van der Waals surface area contributed by atoms with E-state index < -0.39 is 14.8 Å². The summed E-state index contributed by atoms with van der Waals surface area (Å²) in [6, 6.07) is 7.11. The second-order valence-corrected chi connectivity index (χ2v) is 10.4. The summed E-state index contributed by atoms with van der Waals surface area (Å²) in [5.41, 5.74) is 2.61. The monoisotopic (exact) mass is 412 g/mol. The molecule has 152 valence electrons. The van der Waals surface area contributed by atoms with Gasteiger partial charge in [-0.15, -0.1) is 0 Å². The molecule has 0 aliphatic rings. The standard InChI is InChI=1S/C21H24N4O3S/c1-13-11-16(14(2)24-29(27,28)21(3,4)5)18-17(12-13)20(26)25(6)19(23-18)15-7-9-22-10-8-15/h7-12H,1-6H3. The number of nitrogens with zero attached hydrogens (tertiary/aromatic N) is 4. The van der Waals surface area contributed by atoms with E-state index in [9.17, 15) is 13.2 Å². The second-order valence-electron chi connectivity index (χ2n) is 8.01. The van der Waals surface area contributed by atoms with Gasteiger partial charge in [0.15, 0.2) is 0 Å². The third-order valence-corrected chi connectivity index (χ3v) is 6.75. The van der Waals surface area contributed by atoms with Gasteiger partial charge in [-0.1, -0.05) is 0 Å². The second kappa shape index (κ2) is 7.18. The van der Waals surface area contributed by atoms with Crippen molar-refractivity contribution in [1.82, 2.24) is 14.5 Å². The van der Waals surface area contributed by atoms with Crippen LogP contribution in [0.15, 0.2) is 45.9 Å². The van der Waals surface area contributed by atoms with Crippen LogP contribution in [0.25, 0.3) is 22.3 Å². The molecule has 8 heteroatoms. The van der Waals surface area contributed by atoms with Gasteiger partial charge in [0.05, 0.1) is 21.4 Å². The number of hydrogen-bond acceptors (Lipinski definition) is 5. The molecular weight excluding hydrogens is 388 g/mol. The molecule has 2 heterocycles. The topological polar surface area (TPSA) is 94.3 Å². The molecule has 2 aromatic heterocycles. The highest BCUT2D eigenvalue weighted by Crippen LogP contribution is 2.24. The van der Waals surface area contributed by atoms with E-state index in [1.807, 2.05) is 13.0 Å². The van der Waals surface area contributed by atoms with Gasteiger partial charge in [-0.05, 0) is 64.4 Å². The van der Waals surface area contributed by atoms with Crippen LogP contribution < -0.4 is 5.56 Å². The SMILES string of the molecule is CC(=NS(=O)(=O)C(C)(C)C)c1cc(C)cc2c(=O)n(C)c(-c3ccncc3)nc12. The van der Waals surface area contributed by atoms with Crippen LogP contribution >= 0.6 is 0 Å². The lowest BCUT2D eigenvalue weighted by Crippen LogP contribution is -2.27. The van der Waals surface area contributed by atoms with Gasteiger partial charge >= 0.3 is 0 Å². The Labute approximate surface area is 170 Å². The molecule has 0 spiro atoms. The van der Waals surface area contributed by atoms with Crippen molar-refractivity contribution in [3.05, 3.63) is 58.1 Å². The van der Waals surface area contributed by atoms with Gasteiger partial charge in [0.1, 0.15) is 5.82 Å². The summed E-state index contributed by atoms with van der Waals surface area (Å²) in [5.74, 6) is 0.474. The van der Waals surface area contributed by atoms with Crippen molar-refractivity contribution in [3.8, 4) is 11.4 Å². The van der Waals surface area contributed by atoms with Crippen molar-refractivity contribution in [2.24, 2.45) is 11.4 Å². The number of rotatable bonds is 3. The fraction of sp³-hybridized carbons (Fsp3) is 0.333. The maximum absolute atomic E-state index is 13.0. The zero-order valence-electron chi connectivity index (χ0n) is 17.4. The third kappa shape index (κ3) is 3.85. The first kappa shape index (κ1) is 20.9. The molecule has 1 aromatic carbocycles. The first-order chi connectivity index (χ1) is 13.4. The van der Waals surface area contributed by atoms with Crippen LogP contribution in [0.2, 0.25) is 0 Å². The Morgan fingerprint density at radius 2 is 1.76 bits per heavy atom. The highest BCUT2D eigenvalue weighted by atomic mass is 32.2. The number of sulfonamides is 1. The van der Waals surface area contributed by atoms with Gasteiger partial charge in [0.25, 0.3) is 15.6 Å². The molecule has 0 unspecified atom stereocenters. The molecule has 7 nitrogen and oxygen atoms in total. The largest absolute Gasteiger partial charge is 0.295 e. The van der Waals surface area contributed by atoms with Crippen LogP contribution in [0.4, 0.5) is 0 Å². The van der Waals surface area contributed by atoms with E-state index in [1.165, 1.54) is 4.57 Å². The predicted octanol–water partition coefficient (Wildman–Crippen LogP) is 3.24. The van der Waals surface area contributed by atoms with Crippen molar-refractivity contribution in [2.75, 3.05) is 0 Å². The average molecular weight is 413 g/mol. The Bertz CT molecular complexity index is 1290. The van der Waals surface area contributed by atoms with Crippen molar-refractivity contribution in [3.63, 3.8) is 0 Å². The summed E-state index contributed by atoms with van der Waals surface area (Å²) in [6.07, 6.45) is 3.26. The summed E-state index contributed by atoms with van der Waals surface area (Å²) in [7, 11) is -2.07. The molecule has 0 saturated heterocycles. The minimum Gasteiger partial charge on any atom is -0.295 e. The average Bonchev–Trinajstić information content (AvgIpc) is 2.64. The summed E-state index contributed by atoms with van der Waals surface area (Å²) in [6.45, 7) is 8.28. The molecule has 3 aromatic rings. The maximum atomic E-state index is 13.0. The molecule has 0 radical (unpaired) electrons. The Morgan fingerprint density at radius 1 is 1.14 bits per heavy atom. The quantitative estimate of drug-likeness (QED) is 0.616. The molecular formula is C21H24N4O3S. The number of aromatic nitrogens is 3. The van der Waals surface area contributed by atoms with E-state index in [-0.39, 0.29) is 5.56 Å². The first-order valence-electron chi connectivity index (χ1n) is 9.15. The van der Waals surface area contributed by atoms with Crippen molar-refractivity contribution < 1.29 is 8.42 Å². The van der Waals surface area contributed by atoms with E-state index in [1.54, 1.807) is 65.3 Å². The molecule has 0 N–H and O–H groups in total. The zero-order valence-corrected chi connectivity index (χ0v) is 18.2. The van der Waals surface area contributed by atoms with E-state index in [0.717, 1.165) is 11.1 Å². The Morgan fingerprint density at radius 3 is 2.34 bits per heavy atom. The van der Waals surface area contributed by atoms with E-state index >= 15 is 0 Å². The number of fused-ring (bicyclic) bond motifs is 1. The molecule has 0 atom stereocenters. The Hall–Kier alpha value is -2.87. The molecule has 0 amide bonds. The van der Waals surface area contributed by atoms with Crippen molar-refractivity contribution >= 4 is 26.6 Å². The number of hydrogen-bond donors (Lipinski definition) is 0. The number of benzene rings is 1. The van der Waals surface area contributed by atoms with E-state index in [2.05, 4.69) is 9.38 Å². The lowest BCUT2D eigenvalue weighted by molar-refractivity contribution is 0.562.